The number of piperidine rings is 1. The Labute approximate surface area is 158 Å². The minimum Gasteiger partial charge on any atom is -0.374 e. The summed E-state index contributed by atoms with van der Waals surface area (Å²) in [7, 11) is 0. The quantitative estimate of drug-likeness (QED) is 0.804. The number of hydrogen-bond acceptors (Lipinski definition) is 4. The van der Waals surface area contributed by atoms with Gasteiger partial charge in [0.05, 0.1) is 12.7 Å². The Morgan fingerprint density at radius 2 is 1.81 bits per heavy atom. The molecule has 2 aliphatic rings. The number of carbonyl (C=O) groups excluding carboxylic acids is 2. The van der Waals surface area contributed by atoms with Crippen molar-refractivity contribution in [2.75, 3.05) is 45.9 Å². The van der Waals surface area contributed by atoms with Crippen LogP contribution < -0.4 is 5.32 Å². The molecule has 6 heteroatoms. The number of amides is 2. The zero-order chi connectivity index (χ0) is 19.3. The minimum absolute atomic E-state index is 0.00868. The number of carbonyl (C=O) groups is 2. The van der Waals surface area contributed by atoms with Crippen molar-refractivity contribution in [1.29, 1.82) is 0 Å². The molecule has 0 bridgehead atoms. The molecule has 0 aromatic rings. The highest BCUT2D eigenvalue weighted by Crippen LogP contribution is 2.23. The van der Waals surface area contributed by atoms with E-state index in [-0.39, 0.29) is 29.3 Å². The maximum atomic E-state index is 12.5. The van der Waals surface area contributed by atoms with Crippen molar-refractivity contribution in [1.82, 2.24) is 15.1 Å². The molecule has 1 N–H and O–H groups in total. The summed E-state index contributed by atoms with van der Waals surface area (Å²) < 4.78 is 5.80. The first kappa shape index (κ1) is 21.2. The molecule has 0 aromatic carbocycles. The Morgan fingerprint density at radius 1 is 1.15 bits per heavy atom. The predicted molar refractivity (Wildman–Crippen MR) is 103 cm³/mol. The SMILES string of the molecule is CC(C)CN1CCOC(CNC(=O)C2CCN(C(=O)C(C)(C)C)CC2)C1. The molecule has 0 spiro atoms. The van der Waals surface area contributed by atoms with E-state index < -0.39 is 0 Å². The third-order valence-electron chi connectivity index (χ3n) is 5.14. The number of rotatable bonds is 5. The van der Waals surface area contributed by atoms with Crippen LogP contribution in [0, 0.1) is 17.3 Å². The zero-order valence-corrected chi connectivity index (χ0v) is 17.2. The summed E-state index contributed by atoms with van der Waals surface area (Å²) in [6.07, 6.45) is 1.58. The van der Waals surface area contributed by atoms with Crippen molar-refractivity contribution in [2.24, 2.45) is 17.3 Å². The molecule has 2 aliphatic heterocycles. The number of nitrogens with zero attached hydrogens (tertiary/aromatic N) is 2. The molecule has 6 nitrogen and oxygen atoms in total. The van der Waals surface area contributed by atoms with E-state index in [1.165, 1.54) is 0 Å². The first-order chi connectivity index (χ1) is 12.2. The maximum Gasteiger partial charge on any atom is 0.227 e. The van der Waals surface area contributed by atoms with Gasteiger partial charge < -0.3 is 15.0 Å². The molecule has 1 atom stereocenters. The molecule has 2 heterocycles. The van der Waals surface area contributed by atoms with E-state index in [9.17, 15) is 9.59 Å². The molecule has 0 aromatic heterocycles. The van der Waals surface area contributed by atoms with Gasteiger partial charge in [-0.3, -0.25) is 14.5 Å². The van der Waals surface area contributed by atoms with Crippen molar-refractivity contribution in [3.63, 3.8) is 0 Å². The van der Waals surface area contributed by atoms with E-state index in [1.807, 2.05) is 25.7 Å². The summed E-state index contributed by atoms with van der Waals surface area (Å²) >= 11 is 0. The number of likely N-dealkylation sites (tertiary alicyclic amines) is 1. The summed E-state index contributed by atoms with van der Waals surface area (Å²) in [6.45, 7) is 15.9. The Morgan fingerprint density at radius 3 is 2.38 bits per heavy atom. The van der Waals surface area contributed by atoms with E-state index >= 15 is 0 Å². The van der Waals surface area contributed by atoms with E-state index in [0.717, 1.165) is 39.1 Å². The fourth-order valence-corrected chi connectivity index (χ4v) is 3.76. The average Bonchev–Trinajstić information content (AvgIpc) is 2.58. The van der Waals surface area contributed by atoms with E-state index in [0.29, 0.717) is 25.6 Å². The van der Waals surface area contributed by atoms with Gasteiger partial charge in [-0.2, -0.15) is 0 Å². The van der Waals surface area contributed by atoms with Gasteiger partial charge in [0.2, 0.25) is 11.8 Å². The Balaban J connectivity index is 1.71. The second-order valence-electron chi connectivity index (χ2n) is 9.21. The molecule has 0 saturated carbocycles. The monoisotopic (exact) mass is 367 g/mol. The molecule has 0 aliphatic carbocycles. The van der Waals surface area contributed by atoms with Gasteiger partial charge in [0, 0.05) is 50.6 Å². The molecule has 2 fully saturated rings. The lowest BCUT2D eigenvalue weighted by atomic mass is 9.90. The van der Waals surface area contributed by atoms with Gasteiger partial charge in [0.15, 0.2) is 0 Å². The molecule has 1 unspecified atom stereocenters. The van der Waals surface area contributed by atoms with Gasteiger partial charge in [-0.05, 0) is 18.8 Å². The molecule has 2 saturated heterocycles. The third-order valence-corrected chi connectivity index (χ3v) is 5.14. The highest BCUT2D eigenvalue weighted by molar-refractivity contribution is 5.82. The van der Waals surface area contributed by atoms with Crippen LogP contribution in [0.1, 0.15) is 47.5 Å². The average molecular weight is 368 g/mol. The van der Waals surface area contributed by atoms with Gasteiger partial charge in [0.1, 0.15) is 0 Å². The molecular weight excluding hydrogens is 330 g/mol. The lowest BCUT2D eigenvalue weighted by Crippen LogP contribution is -2.50. The summed E-state index contributed by atoms with van der Waals surface area (Å²) in [4.78, 5) is 29.1. The zero-order valence-electron chi connectivity index (χ0n) is 17.2. The van der Waals surface area contributed by atoms with Crippen LogP contribution in [0.15, 0.2) is 0 Å². The maximum absolute atomic E-state index is 12.5. The van der Waals surface area contributed by atoms with Crippen molar-refractivity contribution in [2.45, 2.75) is 53.6 Å². The largest absolute Gasteiger partial charge is 0.374 e. The van der Waals surface area contributed by atoms with Gasteiger partial charge in [-0.15, -0.1) is 0 Å². The lowest BCUT2D eigenvalue weighted by Gasteiger charge is -2.36. The van der Waals surface area contributed by atoms with Crippen molar-refractivity contribution >= 4 is 11.8 Å². The fraction of sp³-hybridized carbons (Fsp3) is 0.900. The smallest absolute Gasteiger partial charge is 0.227 e. The standard InChI is InChI=1S/C20H37N3O3/c1-15(2)13-22-10-11-26-17(14-22)12-21-18(24)16-6-8-23(9-7-16)19(25)20(3,4)5/h15-17H,6-14H2,1-5H3,(H,21,24). The van der Waals surface area contributed by atoms with Crippen LogP contribution in [-0.4, -0.2) is 73.6 Å². The summed E-state index contributed by atoms with van der Waals surface area (Å²) in [5.41, 5.74) is -0.352. The molecule has 2 rings (SSSR count). The van der Waals surface area contributed by atoms with Crippen LogP contribution in [0.25, 0.3) is 0 Å². The molecule has 2 amide bonds. The number of morpholine rings is 1. The predicted octanol–water partition coefficient (Wildman–Crippen LogP) is 1.74. The Kier molecular flexibility index (Phi) is 7.47. The van der Waals surface area contributed by atoms with Crippen LogP contribution in [0.3, 0.4) is 0 Å². The lowest BCUT2D eigenvalue weighted by molar-refractivity contribution is -0.142. The van der Waals surface area contributed by atoms with Crippen LogP contribution in [0.5, 0.6) is 0 Å². The first-order valence-corrected chi connectivity index (χ1v) is 10.1. The second-order valence-corrected chi connectivity index (χ2v) is 9.21. The van der Waals surface area contributed by atoms with Gasteiger partial charge >= 0.3 is 0 Å². The summed E-state index contributed by atoms with van der Waals surface area (Å²) in [5.74, 6) is 0.938. The van der Waals surface area contributed by atoms with Crippen molar-refractivity contribution in [3.05, 3.63) is 0 Å². The Hall–Kier alpha value is -1.14. The van der Waals surface area contributed by atoms with Crippen LogP contribution in [0.2, 0.25) is 0 Å². The van der Waals surface area contributed by atoms with Crippen LogP contribution in [0.4, 0.5) is 0 Å². The van der Waals surface area contributed by atoms with E-state index in [1.54, 1.807) is 0 Å². The molecular formula is C20H37N3O3. The molecule has 26 heavy (non-hydrogen) atoms. The third kappa shape index (κ3) is 6.23. The minimum atomic E-state index is -0.352. The topological polar surface area (TPSA) is 61.9 Å². The first-order valence-electron chi connectivity index (χ1n) is 10.1. The van der Waals surface area contributed by atoms with Gasteiger partial charge in [-0.1, -0.05) is 34.6 Å². The van der Waals surface area contributed by atoms with Crippen molar-refractivity contribution in [3.8, 4) is 0 Å². The number of ether oxygens (including phenoxy) is 1. The summed E-state index contributed by atoms with van der Waals surface area (Å²) in [5, 5.41) is 3.08. The molecule has 0 radical (unpaired) electrons. The van der Waals surface area contributed by atoms with E-state index in [4.69, 9.17) is 4.74 Å². The number of nitrogens with one attached hydrogen (secondary N) is 1. The van der Waals surface area contributed by atoms with Gasteiger partial charge in [0.25, 0.3) is 0 Å². The second kappa shape index (κ2) is 9.18. The van der Waals surface area contributed by atoms with Crippen LogP contribution in [-0.2, 0) is 14.3 Å². The fourth-order valence-electron chi connectivity index (χ4n) is 3.76. The highest BCUT2D eigenvalue weighted by atomic mass is 16.5. The highest BCUT2D eigenvalue weighted by Gasteiger charge is 2.32. The van der Waals surface area contributed by atoms with Gasteiger partial charge in [-0.25, -0.2) is 0 Å². The molecule has 150 valence electrons. The van der Waals surface area contributed by atoms with E-state index in [2.05, 4.69) is 24.1 Å². The summed E-state index contributed by atoms with van der Waals surface area (Å²) in [6, 6.07) is 0. The Bertz CT molecular complexity index is 479. The van der Waals surface area contributed by atoms with Crippen LogP contribution >= 0.6 is 0 Å². The van der Waals surface area contributed by atoms with Crippen molar-refractivity contribution < 1.29 is 14.3 Å². The normalized spacial score (nSPS) is 23.3. The number of hydrogen-bond donors (Lipinski definition) is 1.